The van der Waals surface area contributed by atoms with E-state index in [2.05, 4.69) is 0 Å². The van der Waals surface area contributed by atoms with Crippen molar-refractivity contribution >= 4 is 23.5 Å². The van der Waals surface area contributed by atoms with Crippen molar-refractivity contribution in [2.24, 2.45) is 0 Å². The minimum atomic E-state index is 0.600. The molecule has 2 nitrogen and oxygen atoms in total. The van der Waals surface area contributed by atoms with Crippen LogP contribution in [0.4, 0.5) is 5.69 Å². The zero-order chi connectivity index (χ0) is 11.4. The molecule has 0 aliphatic heterocycles. The van der Waals surface area contributed by atoms with Crippen molar-refractivity contribution < 1.29 is 4.74 Å². The van der Waals surface area contributed by atoms with Gasteiger partial charge in [0.2, 0.25) is 5.69 Å². The predicted octanol–water partition coefficient (Wildman–Crippen LogP) is 3.60. The van der Waals surface area contributed by atoms with Crippen LogP contribution in [0.1, 0.15) is 5.56 Å². The number of benzene rings is 2. The average molecular weight is 232 g/mol. The first-order chi connectivity index (χ1) is 7.75. The highest BCUT2D eigenvalue weighted by molar-refractivity contribution is 6.30. The monoisotopic (exact) mass is 231 g/mol. The third kappa shape index (κ3) is 2.61. The van der Waals surface area contributed by atoms with Gasteiger partial charge in [0.1, 0.15) is 0 Å². The van der Waals surface area contributed by atoms with Gasteiger partial charge in [-0.25, -0.2) is 0 Å². The molecule has 0 N–H and O–H groups in total. The van der Waals surface area contributed by atoms with Gasteiger partial charge in [0.05, 0.1) is 0 Å². The highest BCUT2D eigenvalue weighted by Gasteiger charge is 2.00. The molecule has 0 atom stereocenters. The largest absolute Gasteiger partial charge is 0.618 e. The van der Waals surface area contributed by atoms with Crippen molar-refractivity contribution in [2.75, 3.05) is 0 Å². The van der Waals surface area contributed by atoms with Crippen LogP contribution in [0.2, 0.25) is 5.02 Å². The standard InChI is InChI=1S/C13H10ClNO/c14-12-6-4-5-11(9-12)10-15(16)13-7-2-1-3-8-13/h1-10H/b15-10+. The van der Waals surface area contributed by atoms with Crippen LogP contribution in [0.5, 0.6) is 0 Å². The Hall–Kier alpha value is -1.80. The van der Waals surface area contributed by atoms with E-state index in [0.717, 1.165) is 10.3 Å². The SMILES string of the molecule is [O-]/[N+](=C/c1cccc(Cl)c1)c1ccccc1. The Morgan fingerprint density at radius 3 is 2.44 bits per heavy atom. The molecular formula is C13H10ClNO. The van der Waals surface area contributed by atoms with E-state index in [0.29, 0.717) is 10.7 Å². The molecule has 0 radical (unpaired) electrons. The average Bonchev–Trinajstić information content (AvgIpc) is 2.30. The maximum Gasteiger partial charge on any atom is 0.216 e. The summed E-state index contributed by atoms with van der Waals surface area (Å²) in [6.45, 7) is 0. The Kier molecular flexibility index (Phi) is 3.22. The first-order valence-electron chi connectivity index (χ1n) is 4.87. The smallest absolute Gasteiger partial charge is 0.216 e. The van der Waals surface area contributed by atoms with E-state index in [1.165, 1.54) is 6.21 Å². The summed E-state index contributed by atoms with van der Waals surface area (Å²) >= 11 is 5.83. The van der Waals surface area contributed by atoms with Gasteiger partial charge in [-0.05, 0) is 18.2 Å². The Morgan fingerprint density at radius 2 is 1.75 bits per heavy atom. The number of halogens is 1. The van der Waals surface area contributed by atoms with E-state index >= 15 is 0 Å². The van der Waals surface area contributed by atoms with Crippen LogP contribution in [-0.4, -0.2) is 11.0 Å². The van der Waals surface area contributed by atoms with Gasteiger partial charge in [-0.1, -0.05) is 35.9 Å². The summed E-state index contributed by atoms with van der Waals surface area (Å²) in [5.74, 6) is 0. The van der Waals surface area contributed by atoms with Gasteiger partial charge in [0, 0.05) is 22.7 Å². The molecule has 16 heavy (non-hydrogen) atoms. The van der Waals surface area contributed by atoms with Crippen molar-refractivity contribution in [3.8, 4) is 0 Å². The first-order valence-corrected chi connectivity index (χ1v) is 5.25. The third-order valence-electron chi connectivity index (χ3n) is 2.13. The second-order valence-corrected chi connectivity index (χ2v) is 3.78. The summed E-state index contributed by atoms with van der Waals surface area (Å²) in [5.41, 5.74) is 1.38. The van der Waals surface area contributed by atoms with Crippen LogP contribution >= 0.6 is 11.6 Å². The lowest BCUT2D eigenvalue weighted by atomic mass is 10.2. The molecule has 0 saturated heterocycles. The fraction of sp³-hybridized carbons (Fsp3) is 0. The number of hydrogen-bond donors (Lipinski definition) is 0. The van der Waals surface area contributed by atoms with Crippen LogP contribution in [0.3, 0.4) is 0 Å². The lowest BCUT2D eigenvalue weighted by Crippen LogP contribution is -1.98. The molecule has 0 aromatic heterocycles. The topological polar surface area (TPSA) is 26.1 Å². The van der Waals surface area contributed by atoms with Gasteiger partial charge in [-0.2, -0.15) is 4.74 Å². The molecule has 80 valence electrons. The number of rotatable bonds is 2. The van der Waals surface area contributed by atoms with E-state index in [-0.39, 0.29) is 0 Å². The van der Waals surface area contributed by atoms with Gasteiger partial charge in [-0.3, -0.25) is 0 Å². The highest BCUT2D eigenvalue weighted by atomic mass is 35.5. The van der Waals surface area contributed by atoms with Gasteiger partial charge >= 0.3 is 0 Å². The zero-order valence-corrected chi connectivity index (χ0v) is 9.26. The van der Waals surface area contributed by atoms with Gasteiger partial charge in [0.15, 0.2) is 6.21 Å². The lowest BCUT2D eigenvalue weighted by molar-refractivity contribution is -0.354. The van der Waals surface area contributed by atoms with Crippen LogP contribution in [0.25, 0.3) is 0 Å². The summed E-state index contributed by atoms with van der Waals surface area (Å²) in [7, 11) is 0. The van der Waals surface area contributed by atoms with E-state index in [1.807, 2.05) is 30.3 Å². The molecule has 0 unspecified atom stereocenters. The van der Waals surface area contributed by atoms with E-state index in [1.54, 1.807) is 24.3 Å². The summed E-state index contributed by atoms with van der Waals surface area (Å²) in [5, 5.41) is 12.4. The summed E-state index contributed by atoms with van der Waals surface area (Å²) in [6.07, 6.45) is 1.50. The third-order valence-corrected chi connectivity index (χ3v) is 2.36. The Balaban J connectivity index is 2.32. The fourth-order valence-corrected chi connectivity index (χ4v) is 1.57. The summed E-state index contributed by atoms with van der Waals surface area (Å²) in [4.78, 5) is 0. The summed E-state index contributed by atoms with van der Waals surface area (Å²) < 4.78 is 0.825. The van der Waals surface area contributed by atoms with E-state index < -0.39 is 0 Å². The number of hydrogen-bond acceptors (Lipinski definition) is 1. The second kappa shape index (κ2) is 4.81. The van der Waals surface area contributed by atoms with Crippen molar-refractivity contribution in [1.82, 2.24) is 0 Å². The molecule has 0 amide bonds. The molecular weight excluding hydrogens is 222 g/mol. The van der Waals surface area contributed by atoms with Crippen LogP contribution in [0.15, 0.2) is 54.6 Å². The Morgan fingerprint density at radius 1 is 1.00 bits per heavy atom. The van der Waals surface area contributed by atoms with Crippen LogP contribution in [-0.2, 0) is 0 Å². The molecule has 2 rings (SSSR count). The Bertz CT molecular complexity index is 508. The summed E-state index contributed by atoms with van der Waals surface area (Å²) in [6, 6.07) is 16.2. The van der Waals surface area contributed by atoms with Crippen molar-refractivity contribution in [3.05, 3.63) is 70.4 Å². The minimum Gasteiger partial charge on any atom is -0.618 e. The van der Waals surface area contributed by atoms with Crippen molar-refractivity contribution in [2.45, 2.75) is 0 Å². The maximum absolute atomic E-state index is 11.7. The highest BCUT2D eigenvalue weighted by Crippen LogP contribution is 2.12. The second-order valence-electron chi connectivity index (χ2n) is 3.35. The molecule has 0 fully saturated rings. The molecule has 0 spiro atoms. The van der Waals surface area contributed by atoms with Crippen LogP contribution < -0.4 is 0 Å². The van der Waals surface area contributed by atoms with Crippen molar-refractivity contribution in [1.29, 1.82) is 0 Å². The molecule has 3 heteroatoms. The minimum absolute atomic E-state index is 0.600. The first kappa shape index (κ1) is 10.7. The lowest BCUT2D eigenvalue weighted by Gasteiger charge is -2.02. The fourth-order valence-electron chi connectivity index (χ4n) is 1.37. The van der Waals surface area contributed by atoms with E-state index in [4.69, 9.17) is 11.6 Å². The molecule has 0 aliphatic rings. The zero-order valence-electron chi connectivity index (χ0n) is 8.51. The molecule has 0 saturated carbocycles. The van der Waals surface area contributed by atoms with Crippen LogP contribution in [0, 0.1) is 5.21 Å². The predicted molar refractivity (Wildman–Crippen MR) is 66.3 cm³/mol. The normalized spacial score (nSPS) is 11.4. The van der Waals surface area contributed by atoms with Gasteiger partial charge in [-0.15, -0.1) is 0 Å². The number of para-hydroxylation sites is 1. The Labute approximate surface area is 99.0 Å². The van der Waals surface area contributed by atoms with Gasteiger partial charge in [0.25, 0.3) is 0 Å². The van der Waals surface area contributed by atoms with Crippen molar-refractivity contribution in [3.63, 3.8) is 0 Å². The molecule has 0 aliphatic carbocycles. The van der Waals surface area contributed by atoms with Gasteiger partial charge < -0.3 is 5.21 Å². The quantitative estimate of drug-likeness (QED) is 0.336. The van der Waals surface area contributed by atoms with E-state index in [9.17, 15) is 5.21 Å². The molecule has 2 aromatic carbocycles. The maximum atomic E-state index is 11.7. The molecule has 0 heterocycles. The molecule has 2 aromatic rings. The number of nitrogens with zero attached hydrogens (tertiary/aromatic N) is 1. The molecule has 0 bridgehead atoms.